The van der Waals surface area contributed by atoms with Gasteiger partial charge in [0.05, 0.1) is 0 Å². The number of aromatic amines is 1. The number of nitrogens with one attached hydrogen (secondary N) is 1. The summed E-state index contributed by atoms with van der Waals surface area (Å²) in [6.45, 7) is 0. The molecular weight excluding hydrogens is 343 g/mol. The number of rotatable bonds is 4. The number of hydrogen-bond acceptors (Lipinski definition) is 3. The minimum absolute atomic E-state index is 0.00200. The van der Waals surface area contributed by atoms with Crippen LogP contribution >= 0.6 is 0 Å². The van der Waals surface area contributed by atoms with Crippen molar-refractivity contribution in [2.75, 3.05) is 0 Å². The Bertz CT molecular complexity index is 1140. The van der Waals surface area contributed by atoms with Gasteiger partial charge in [0.2, 0.25) is 5.82 Å². The van der Waals surface area contributed by atoms with Crippen LogP contribution in [0.1, 0.15) is 10.6 Å². The fraction of sp³-hybridized carbons (Fsp3) is 0. The zero-order chi connectivity index (χ0) is 18.8. The van der Waals surface area contributed by atoms with Crippen LogP contribution in [0.2, 0.25) is 0 Å². The summed E-state index contributed by atoms with van der Waals surface area (Å²) in [7, 11) is 0. The number of halogens is 1. The quantitative estimate of drug-likeness (QED) is 0.577. The van der Waals surface area contributed by atoms with E-state index in [-0.39, 0.29) is 11.6 Å². The summed E-state index contributed by atoms with van der Waals surface area (Å²) in [5.41, 5.74) is 9.04. The van der Waals surface area contributed by atoms with Crippen LogP contribution in [0.15, 0.2) is 72.8 Å². The van der Waals surface area contributed by atoms with Gasteiger partial charge in [-0.15, -0.1) is 0 Å². The van der Waals surface area contributed by atoms with Crippen molar-refractivity contribution in [3.63, 3.8) is 0 Å². The van der Waals surface area contributed by atoms with Crippen LogP contribution in [-0.4, -0.2) is 21.1 Å². The van der Waals surface area contributed by atoms with E-state index in [1.54, 1.807) is 12.1 Å². The molecule has 5 nitrogen and oxygen atoms in total. The Hall–Kier alpha value is -3.80. The first kappa shape index (κ1) is 16.7. The van der Waals surface area contributed by atoms with Gasteiger partial charge in [0, 0.05) is 11.1 Å². The summed E-state index contributed by atoms with van der Waals surface area (Å²) in [4.78, 5) is 15.3. The van der Waals surface area contributed by atoms with Gasteiger partial charge < -0.3 is 5.73 Å². The van der Waals surface area contributed by atoms with Gasteiger partial charge in [-0.3, -0.25) is 9.89 Å². The summed E-state index contributed by atoms with van der Waals surface area (Å²) in [5.74, 6) is -0.577. The fourth-order valence-corrected chi connectivity index (χ4v) is 2.98. The van der Waals surface area contributed by atoms with Crippen molar-refractivity contribution in [1.82, 2.24) is 15.2 Å². The minimum atomic E-state index is -0.671. The third-order valence-electron chi connectivity index (χ3n) is 4.24. The number of H-pyrrole nitrogens is 1. The molecule has 1 heterocycles. The lowest BCUT2D eigenvalue weighted by molar-refractivity contribution is 0.0991. The lowest BCUT2D eigenvalue weighted by Crippen LogP contribution is -2.12. The first-order valence-electron chi connectivity index (χ1n) is 8.30. The van der Waals surface area contributed by atoms with E-state index in [1.807, 2.05) is 54.6 Å². The highest BCUT2D eigenvalue weighted by Gasteiger charge is 2.13. The molecule has 0 aliphatic heterocycles. The number of nitrogens with zero attached hydrogens (tertiary/aromatic N) is 2. The van der Waals surface area contributed by atoms with Crippen molar-refractivity contribution in [3.05, 3.63) is 84.4 Å². The summed E-state index contributed by atoms with van der Waals surface area (Å²) >= 11 is 0. The van der Waals surface area contributed by atoms with Crippen molar-refractivity contribution in [2.24, 2.45) is 5.73 Å². The van der Waals surface area contributed by atoms with E-state index in [0.29, 0.717) is 11.4 Å². The summed E-state index contributed by atoms with van der Waals surface area (Å²) in [5, 5.41) is 6.56. The molecular formula is C21H15FN4O. The molecule has 0 saturated heterocycles. The largest absolute Gasteiger partial charge is 0.363 e. The van der Waals surface area contributed by atoms with E-state index < -0.39 is 5.91 Å². The molecule has 3 aromatic carbocycles. The number of carbonyl (C=O) groups is 1. The normalized spacial score (nSPS) is 10.7. The Morgan fingerprint density at radius 1 is 0.852 bits per heavy atom. The van der Waals surface area contributed by atoms with Gasteiger partial charge in [-0.2, -0.15) is 5.10 Å². The van der Waals surface area contributed by atoms with Crippen LogP contribution in [0.3, 0.4) is 0 Å². The molecule has 0 saturated carbocycles. The third kappa shape index (κ3) is 3.20. The van der Waals surface area contributed by atoms with E-state index in [2.05, 4.69) is 15.2 Å². The highest BCUT2D eigenvalue weighted by Crippen LogP contribution is 2.34. The molecule has 0 unspecified atom stereocenters. The first-order chi connectivity index (χ1) is 13.1. The van der Waals surface area contributed by atoms with Gasteiger partial charge in [-0.1, -0.05) is 60.7 Å². The van der Waals surface area contributed by atoms with E-state index in [4.69, 9.17) is 5.73 Å². The molecule has 4 rings (SSSR count). The number of primary amides is 1. The second-order valence-electron chi connectivity index (χ2n) is 5.98. The maximum atomic E-state index is 14.3. The smallest absolute Gasteiger partial charge is 0.286 e. The average Bonchev–Trinajstić information content (AvgIpc) is 3.19. The van der Waals surface area contributed by atoms with Gasteiger partial charge in [-0.05, 0) is 28.8 Å². The molecule has 132 valence electrons. The standard InChI is InChI=1S/C21H15FN4O/c22-18-11-4-3-10-17(18)16-9-2-1-8-15(16)13-6-5-7-14(12-13)20-24-21(19(23)27)26-25-20/h1-12H,(H2,23,27)(H,24,25,26). The van der Waals surface area contributed by atoms with Crippen molar-refractivity contribution < 1.29 is 9.18 Å². The van der Waals surface area contributed by atoms with E-state index in [1.165, 1.54) is 6.07 Å². The molecule has 0 aliphatic carbocycles. The molecule has 3 N–H and O–H groups in total. The SMILES string of the molecule is NC(=O)c1nc(-c2cccc(-c3ccccc3-c3ccccc3F)c2)n[nH]1. The summed E-state index contributed by atoms with van der Waals surface area (Å²) in [6.07, 6.45) is 0. The monoisotopic (exact) mass is 358 g/mol. The lowest BCUT2D eigenvalue weighted by Gasteiger charge is -2.11. The Balaban J connectivity index is 1.81. The lowest BCUT2D eigenvalue weighted by atomic mass is 9.93. The van der Waals surface area contributed by atoms with E-state index >= 15 is 0 Å². The van der Waals surface area contributed by atoms with E-state index in [0.717, 1.165) is 22.3 Å². The molecule has 1 aromatic heterocycles. The van der Waals surface area contributed by atoms with Gasteiger partial charge in [0.25, 0.3) is 5.91 Å². The maximum absolute atomic E-state index is 14.3. The Kier molecular flexibility index (Phi) is 4.22. The molecule has 0 atom stereocenters. The minimum Gasteiger partial charge on any atom is -0.363 e. The zero-order valence-electron chi connectivity index (χ0n) is 14.2. The number of hydrogen-bond donors (Lipinski definition) is 2. The van der Waals surface area contributed by atoms with Crippen LogP contribution in [0.4, 0.5) is 4.39 Å². The van der Waals surface area contributed by atoms with Crippen molar-refractivity contribution in [1.29, 1.82) is 0 Å². The first-order valence-corrected chi connectivity index (χ1v) is 8.30. The van der Waals surface area contributed by atoms with Crippen LogP contribution in [0.25, 0.3) is 33.6 Å². The Labute approximate surface area is 154 Å². The van der Waals surface area contributed by atoms with Gasteiger partial charge in [0.15, 0.2) is 5.82 Å². The maximum Gasteiger partial charge on any atom is 0.286 e. The molecule has 0 fully saturated rings. The molecule has 0 aliphatic rings. The van der Waals surface area contributed by atoms with Gasteiger partial charge in [-0.25, -0.2) is 9.37 Å². The molecule has 27 heavy (non-hydrogen) atoms. The zero-order valence-corrected chi connectivity index (χ0v) is 14.2. The van der Waals surface area contributed by atoms with E-state index in [9.17, 15) is 9.18 Å². The molecule has 0 radical (unpaired) electrons. The van der Waals surface area contributed by atoms with Crippen LogP contribution < -0.4 is 5.73 Å². The molecule has 1 amide bonds. The molecule has 0 bridgehead atoms. The number of amides is 1. The number of nitrogens with two attached hydrogens (primary N) is 1. The number of benzene rings is 3. The highest BCUT2D eigenvalue weighted by atomic mass is 19.1. The van der Waals surface area contributed by atoms with Crippen molar-refractivity contribution in [2.45, 2.75) is 0 Å². The number of carbonyl (C=O) groups excluding carboxylic acids is 1. The van der Waals surface area contributed by atoms with Gasteiger partial charge in [0.1, 0.15) is 5.82 Å². The Morgan fingerprint density at radius 3 is 2.22 bits per heavy atom. The van der Waals surface area contributed by atoms with Gasteiger partial charge >= 0.3 is 0 Å². The van der Waals surface area contributed by atoms with Crippen LogP contribution in [0, 0.1) is 5.82 Å². The van der Waals surface area contributed by atoms with Crippen molar-refractivity contribution >= 4 is 5.91 Å². The van der Waals surface area contributed by atoms with Crippen molar-refractivity contribution in [3.8, 4) is 33.6 Å². The fourth-order valence-electron chi connectivity index (χ4n) is 2.98. The predicted octanol–water partition coefficient (Wildman–Crippen LogP) is 4.04. The number of aromatic nitrogens is 3. The highest BCUT2D eigenvalue weighted by molar-refractivity contribution is 5.89. The Morgan fingerprint density at radius 2 is 1.52 bits per heavy atom. The topological polar surface area (TPSA) is 84.7 Å². The summed E-state index contributed by atoms with van der Waals surface area (Å²) in [6, 6.07) is 21.8. The summed E-state index contributed by atoms with van der Waals surface area (Å²) < 4.78 is 14.3. The molecule has 6 heteroatoms. The van der Waals surface area contributed by atoms with Crippen LogP contribution in [-0.2, 0) is 0 Å². The van der Waals surface area contributed by atoms with Crippen LogP contribution in [0.5, 0.6) is 0 Å². The third-order valence-corrected chi connectivity index (χ3v) is 4.24. The molecule has 4 aromatic rings. The second-order valence-corrected chi connectivity index (χ2v) is 5.98. The molecule has 0 spiro atoms. The average molecular weight is 358 g/mol. The predicted molar refractivity (Wildman–Crippen MR) is 101 cm³/mol. The second kappa shape index (κ2) is 6.84.